The third-order valence-corrected chi connectivity index (χ3v) is 3.74. The largest absolute Gasteiger partial charge is 0.237 e. The first kappa shape index (κ1) is 13.5. The Hall–Kier alpha value is -2.49. The summed E-state index contributed by atoms with van der Waals surface area (Å²) in [4.78, 5) is 8.68. The molecule has 106 valence electrons. The van der Waals surface area contributed by atoms with Crippen molar-refractivity contribution in [2.75, 3.05) is 0 Å². The van der Waals surface area contributed by atoms with Gasteiger partial charge in [-0.1, -0.05) is 12.1 Å². The maximum Gasteiger partial charge on any atom is 0.196 e. The maximum absolute atomic E-state index is 4.34. The van der Waals surface area contributed by atoms with E-state index in [1.807, 2.05) is 6.07 Å². The van der Waals surface area contributed by atoms with Crippen LogP contribution in [0.2, 0.25) is 0 Å². The number of nitrogens with zero attached hydrogens (tertiary/aromatic N) is 4. The van der Waals surface area contributed by atoms with Gasteiger partial charge in [-0.3, -0.25) is 0 Å². The molecule has 3 rings (SSSR count). The highest BCUT2D eigenvalue weighted by Crippen LogP contribution is 2.27. The highest BCUT2D eigenvalue weighted by atomic mass is 15.4. The first-order valence-electron chi connectivity index (χ1n) is 7.14. The Morgan fingerprint density at radius 2 is 1.90 bits per heavy atom. The number of aryl methyl sites for hydroxylation is 2. The summed E-state index contributed by atoms with van der Waals surface area (Å²) in [6.07, 6.45) is 5.64. The monoisotopic (exact) mass is 279 g/mol. The minimum absolute atomic E-state index is 0.762. The van der Waals surface area contributed by atoms with E-state index in [1.165, 1.54) is 16.8 Å². The molecule has 0 saturated heterocycles. The fourth-order valence-corrected chi connectivity index (χ4v) is 2.62. The first-order valence-corrected chi connectivity index (χ1v) is 7.14. The van der Waals surface area contributed by atoms with Crippen LogP contribution in [0.15, 0.2) is 48.9 Å². The van der Waals surface area contributed by atoms with Crippen LogP contribution in [0, 0.1) is 6.92 Å². The van der Waals surface area contributed by atoms with E-state index in [0.717, 1.165) is 17.9 Å². The number of hydrogen-bond acceptors (Lipinski definition) is 2. The third-order valence-electron chi connectivity index (χ3n) is 3.74. The van der Waals surface area contributed by atoms with Gasteiger partial charge in [-0.15, -0.1) is 4.68 Å². The van der Waals surface area contributed by atoms with E-state index in [-0.39, 0.29) is 0 Å². The fourth-order valence-electron chi connectivity index (χ4n) is 2.62. The molecule has 4 heteroatoms. The molecule has 0 bridgehead atoms. The van der Waals surface area contributed by atoms with Crippen LogP contribution in [0.4, 0.5) is 0 Å². The minimum Gasteiger partial charge on any atom is -0.237 e. The van der Waals surface area contributed by atoms with Gasteiger partial charge in [0.15, 0.2) is 19.1 Å². The lowest BCUT2D eigenvalue weighted by atomic mass is 10.0. The predicted octanol–water partition coefficient (Wildman–Crippen LogP) is 2.76. The Morgan fingerprint density at radius 1 is 1.14 bits per heavy atom. The molecule has 0 aliphatic carbocycles. The van der Waals surface area contributed by atoms with Gasteiger partial charge in [0.05, 0.1) is 6.54 Å². The maximum atomic E-state index is 4.34. The van der Waals surface area contributed by atoms with Crippen LogP contribution in [0.3, 0.4) is 0 Å². The lowest BCUT2D eigenvalue weighted by Crippen LogP contribution is -2.38. The van der Waals surface area contributed by atoms with Crippen molar-refractivity contribution in [2.24, 2.45) is 7.05 Å². The van der Waals surface area contributed by atoms with Crippen LogP contribution in [-0.2, 0) is 13.6 Å². The van der Waals surface area contributed by atoms with Gasteiger partial charge in [-0.2, -0.15) is 4.68 Å². The molecular weight excluding hydrogens is 260 g/mol. The Kier molecular flexibility index (Phi) is 3.52. The smallest absolute Gasteiger partial charge is 0.196 e. The fraction of sp³-hybridized carbons (Fsp3) is 0.235. The van der Waals surface area contributed by atoms with Crippen molar-refractivity contribution in [3.8, 4) is 22.6 Å². The Bertz CT molecular complexity index is 760. The van der Waals surface area contributed by atoms with Crippen molar-refractivity contribution in [3.63, 3.8) is 0 Å². The van der Waals surface area contributed by atoms with E-state index >= 15 is 0 Å². The Labute approximate surface area is 124 Å². The minimum atomic E-state index is 0.762. The Morgan fingerprint density at radius 3 is 2.62 bits per heavy atom. The summed E-state index contributed by atoms with van der Waals surface area (Å²) in [5.41, 5.74) is 4.74. The normalized spacial score (nSPS) is 10.8. The number of benzene rings is 1. The molecule has 0 saturated carbocycles. The molecule has 4 nitrogen and oxygen atoms in total. The zero-order valence-corrected chi connectivity index (χ0v) is 12.6. The summed E-state index contributed by atoms with van der Waals surface area (Å²) in [5.74, 6) is 0.762. The average molecular weight is 279 g/mol. The second-order valence-corrected chi connectivity index (χ2v) is 5.09. The van der Waals surface area contributed by atoms with Crippen LogP contribution in [0.25, 0.3) is 22.6 Å². The predicted molar refractivity (Wildman–Crippen MR) is 82.5 cm³/mol. The van der Waals surface area contributed by atoms with Crippen molar-refractivity contribution in [3.05, 3.63) is 54.5 Å². The topological polar surface area (TPSA) is 34.6 Å². The molecule has 0 aliphatic heterocycles. The van der Waals surface area contributed by atoms with Gasteiger partial charge in [0.25, 0.3) is 0 Å². The molecule has 0 spiro atoms. The molecular formula is C17H19N4+. The van der Waals surface area contributed by atoms with E-state index in [2.05, 4.69) is 70.7 Å². The molecule has 2 aromatic heterocycles. The molecule has 0 fully saturated rings. The lowest BCUT2D eigenvalue weighted by molar-refractivity contribution is -0.752. The summed E-state index contributed by atoms with van der Waals surface area (Å²) < 4.78 is 4.36. The Balaban J connectivity index is 2.15. The van der Waals surface area contributed by atoms with Crippen molar-refractivity contribution in [2.45, 2.75) is 20.4 Å². The van der Waals surface area contributed by atoms with Crippen molar-refractivity contribution in [1.29, 1.82) is 0 Å². The summed E-state index contributed by atoms with van der Waals surface area (Å²) in [7, 11) is 2.06. The van der Waals surface area contributed by atoms with Gasteiger partial charge in [-0.05, 0) is 31.5 Å². The van der Waals surface area contributed by atoms with Gasteiger partial charge in [0, 0.05) is 29.6 Å². The molecule has 0 N–H and O–H groups in total. The van der Waals surface area contributed by atoms with E-state index < -0.39 is 0 Å². The average Bonchev–Trinajstić information content (AvgIpc) is 2.89. The molecule has 3 aromatic rings. The molecule has 0 atom stereocenters. The van der Waals surface area contributed by atoms with Gasteiger partial charge >= 0.3 is 0 Å². The highest BCUT2D eigenvalue weighted by Gasteiger charge is 2.15. The van der Waals surface area contributed by atoms with E-state index in [9.17, 15) is 0 Å². The molecule has 2 heterocycles. The second kappa shape index (κ2) is 5.48. The van der Waals surface area contributed by atoms with Crippen LogP contribution in [-0.4, -0.2) is 14.6 Å². The van der Waals surface area contributed by atoms with E-state index in [1.54, 1.807) is 12.4 Å². The van der Waals surface area contributed by atoms with Gasteiger partial charge < -0.3 is 0 Å². The van der Waals surface area contributed by atoms with Gasteiger partial charge in [0.2, 0.25) is 0 Å². The lowest BCUT2D eigenvalue weighted by Gasteiger charge is -2.09. The number of rotatable bonds is 3. The molecule has 0 unspecified atom stereocenters. The summed E-state index contributed by atoms with van der Waals surface area (Å²) in [6, 6.07) is 10.4. The molecule has 0 aliphatic rings. The summed E-state index contributed by atoms with van der Waals surface area (Å²) >= 11 is 0. The van der Waals surface area contributed by atoms with E-state index in [0.29, 0.717) is 0 Å². The standard InChI is InChI=1S/C17H19N4/c1-4-21-16(8-11-20(21)3)15-12-14(7-6-13(15)2)17-18-9-5-10-19-17/h5-12H,4H2,1-3H3/q+1. The van der Waals surface area contributed by atoms with Crippen molar-refractivity contribution in [1.82, 2.24) is 14.6 Å². The third kappa shape index (κ3) is 2.44. The van der Waals surface area contributed by atoms with Crippen LogP contribution < -0.4 is 4.68 Å². The second-order valence-electron chi connectivity index (χ2n) is 5.09. The van der Waals surface area contributed by atoms with Crippen LogP contribution in [0.1, 0.15) is 12.5 Å². The zero-order chi connectivity index (χ0) is 14.8. The molecule has 0 amide bonds. The van der Waals surface area contributed by atoms with Crippen LogP contribution in [0.5, 0.6) is 0 Å². The van der Waals surface area contributed by atoms with Gasteiger partial charge in [-0.25, -0.2) is 9.97 Å². The molecule has 21 heavy (non-hydrogen) atoms. The van der Waals surface area contributed by atoms with Gasteiger partial charge in [0.1, 0.15) is 5.69 Å². The number of aromatic nitrogens is 4. The first-order chi connectivity index (χ1) is 10.2. The molecule has 0 radical (unpaired) electrons. The number of hydrogen-bond donors (Lipinski definition) is 0. The van der Waals surface area contributed by atoms with Crippen molar-refractivity contribution >= 4 is 0 Å². The highest BCUT2D eigenvalue weighted by molar-refractivity contribution is 5.70. The summed E-state index contributed by atoms with van der Waals surface area (Å²) in [6.45, 7) is 5.23. The molecule has 1 aromatic carbocycles. The zero-order valence-electron chi connectivity index (χ0n) is 12.6. The van der Waals surface area contributed by atoms with E-state index in [4.69, 9.17) is 0 Å². The quantitative estimate of drug-likeness (QED) is 0.691. The summed E-state index contributed by atoms with van der Waals surface area (Å²) in [5, 5.41) is 0. The van der Waals surface area contributed by atoms with Crippen molar-refractivity contribution < 1.29 is 4.68 Å². The SMILES string of the molecule is CCn1c(-c2cc(-c3ncccn3)ccc2C)cc[n+]1C. The van der Waals surface area contributed by atoms with Crippen LogP contribution >= 0.6 is 0 Å².